The Balaban J connectivity index is 1.67. The van der Waals surface area contributed by atoms with Crippen LogP contribution < -0.4 is 10.6 Å². The van der Waals surface area contributed by atoms with Crippen LogP contribution in [0.4, 0.5) is 0 Å². The van der Waals surface area contributed by atoms with Gasteiger partial charge < -0.3 is 15.5 Å². The fraction of sp³-hybridized carbons (Fsp3) is 0.688. The van der Waals surface area contributed by atoms with E-state index in [1.807, 2.05) is 11.1 Å². The molecule has 1 aliphatic heterocycles. The summed E-state index contributed by atoms with van der Waals surface area (Å²) in [6.45, 7) is 8.26. The van der Waals surface area contributed by atoms with E-state index in [0.29, 0.717) is 6.42 Å². The molecule has 0 radical (unpaired) electrons. The SMILES string of the molecule is CCNC(=NCCCN1CCCC1=O)NCCc1ncc(C)s1. The molecule has 1 aromatic heterocycles. The Labute approximate surface area is 142 Å². The zero-order valence-electron chi connectivity index (χ0n) is 14.1. The topological polar surface area (TPSA) is 69.6 Å². The van der Waals surface area contributed by atoms with Gasteiger partial charge in [-0.15, -0.1) is 11.3 Å². The quantitative estimate of drug-likeness (QED) is 0.429. The molecule has 0 atom stereocenters. The van der Waals surface area contributed by atoms with Crippen LogP contribution in [0.5, 0.6) is 0 Å². The minimum Gasteiger partial charge on any atom is -0.357 e. The maximum Gasteiger partial charge on any atom is 0.222 e. The number of rotatable bonds is 8. The number of thiazole rings is 1. The van der Waals surface area contributed by atoms with Crippen LogP contribution in [0.1, 0.15) is 36.1 Å². The molecule has 2 N–H and O–H groups in total. The first-order valence-corrected chi connectivity index (χ1v) is 9.22. The van der Waals surface area contributed by atoms with Gasteiger partial charge in [-0.2, -0.15) is 0 Å². The smallest absolute Gasteiger partial charge is 0.222 e. The van der Waals surface area contributed by atoms with Crippen LogP contribution >= 0.6 is 11.3 Å². The summed E-state index contributed by atoms with van der Waals surface area (Å²) in [5, 5.41) is 7.74. The lowest BCUT2D eigenvalue weighted by atomic mass is 10.4. The molecule has 2 rings (SSSR count). The molecule has 1 fully saturated rings. The van der Waals surface area contributed by atoms with Crippen molar-refractivity contribution in [1.29, 1.82) is 0 Å². The summed E-state index contributed by atoms with van der Waals surface area (Å²) in [6.07, 6.45) is 5.45. The standard InChI is InChI=1S/C16H27N5OS/c1-3-17-16(19-9-7-14-20-12-13(2)23-14)18-8-5-11-21-10-4-6-15(21)22/h12H,3-11H2,1-2H3,(H2,17,18,19). The van der Waals surface area contributed by atoms with Crippen molar-refractivity contribution in [1.82, 2.24) is 20.5 Å². The van der Waals surface area contributed by atoms with Crippen molar-refractivity contribution in [3.8, 4) is 0 Å². The first kappa shape index (κ1) is 17.7. The minimum absolute atomic E-state index is 0.290. The highest BCUT2D eigenvalue weighted by Crippen LogP contribution is 2.11. The molecule has 1 aliphatic rings. The zero-order valence-corrected chi connectivity index (χ0v) is 14.9. The second-order valence-corrected chi connectivity index (χ2v) is 6.96. The van der Waals surface area contributed by atoms with Crippen LogP contribution in [0.25, 0.3) is 0 Å². The van der Waals surface area contributed by atoms with Crippen LogP contribution in [0.2, 0.25) is 0 Å². The van der Waals surface area contributed by atoms with E-state index >= 15 is 0 Å². The molecule has 0 bridgehead atoms. The number of amides is 1. The third-order valence-electron chi connectivity index (χ3n) is 3.67. The molecule has 2 heterocycles. The van der Waals surface area contributed by atoms with Gasteiger partial charge in [0.05, 0.1) is 5.01 Å². The molecule has 0 spiro atoms. The number of aliphatic imine (C=N–C) groups is 1. The van der Waals surface area contributed by atoms with Crippen LogP contribution in [0.15, 0.2) is 11.2 Å². The Morgan fingerprint density at radius 1 is 1.48 bits per heavy atom. The van der Waals surface area contributed by atoms with E-state index in [-0.39, 0.29) is 5.91 Å². The Kier molecular flexibility index (Phi) is 7.32. The predicted molar refractivity (Wildman–Crippen MR) is 95.0 cm³/mol. The predicted octanol–water partition coefficient (Wildman–Crippen LogP) is 1.56. The van der Waals surface area contributed by atoms with Gasteiger partial charge in [-0.3, -0.25) is 9.79 Å². The number of carbonyl (C=O) groups excluding carboxylic acids is 1. The van der Waals surface area contributed by atoms with E-state index in [1.165, 1.54) is 4.88 Å². The number of hydrogen-bond acceptors (Lipinski definition) is 4. The van der Waals surface area contributed by atoms with Crippen LogP contribution in [0.3, 0.4) is 0 Å². The molecule has 23 heavy (non-hydrogen) atoms. The third kappa shape index (κ3) is 6.17. The van der Waals surface area contributed by atoms with Crippen molar-refractivity contribution in [3.05, 3.63) is 16.1 Å². The first-order chi connectivity index (χ1) is 11.2. The molecule has 1 saturated heterocycles. The maximum atomic E-state index is 11.5. The molecule has 1 aromatic rings. The van der Waals surface area contributed by atoms with Crippen molar-refractivity contribution in [2.45, 2.75) is 39.5 Å². The van der Waals surface area contributed by atoms with Gasteiger partial charge in [-0.1, -0.05) is 0 Å². The lowest BCUT2D eigenvalue weighted by Crippen LogP contribution is -2.38. The summed E-state index contributed by atoms with van der Waals surface area (Å²) in [6, 6.07) is 0. The Morgan fingerprint density at radius 3 is 3.00 bits per heavy atom. The second-order valence-electron chi connectivity index (χ2n) is 5.64. The Morgan fingerprint density at radius 2 is 2.35 bits per heavy atom. The number of nitrogens with zero attached hydrogens (tertiary/aromatic N) is 3. The van der Waals surface area contributed by atoms with Crippen LogP contribution in [0, 0.1) is 6.92 Å². The fourth-order valence-electron chi connectivity index (χ4n) is 2.54. The molecular formula is C16H27N5OS. The third-order valence-corrected chi connectivity index (χ3v) is 4.64. The van der Waals surface area contributed by atoms with E-state index in [4.69, 9.17) is 0 Å². The van der Waals surface area contributed by atoms with Crippen LogP contribution in [-0.2, 0) is 11.2 Å². The van der Waals surface area contributed by atoms with E-state index in [1.54, 1.807) is 11.3 Å². The van der Waals surface area contributed by atoms with Crippen molar-refractivity contribution in [2.24, 2.45) is 4.99 Å². The number of aromatic nitrogens is 1. The lowest BCUT2D eigenvalue weighted by Gasteiger charge is -2.15. The van der Waals surface area contributed by atoms with Crippen molar-refractivity contribution in [2.75, 3.05) is 32.7 Å². The van der Waals surface area contributed by atoms with Gasteiger partial charge in [-0.05, 0) is 26.7 Å². The van der Waals surface area contributed by atoms with Gasteiger partial charge in [-0.25, -0.2) is 4.98 Å². The summed E-state index contributed by atoms with van der Waals surface area (Å²) < 4.78 is 0. The summed E-state index contributed by atoms with van der Waals surface area (Å²) >= 11 is 1.74. The monoisotopic (exact) mass is 337 g/mol. The highest BCUT2D eigenvalue weighted by atomic mass is 32.1. The minimum atomic E-state index is 0.290. The molecule has 1 amide bonds. The average Bonchev–Trinajstić information content (AvgIpc) is 3.12. The molecular weight excluding hydrogens is 310 g/mol. The summed E-state index contributed by atoms with van der Waals surface area (Å²) in [7, 11) is 0. The summed E-state index contributed by atoms with van der Waals surface area (Å²) in [5.74, 6) is 1.13. The van der Waals surface area contributed by atoms with Gasteiger partial charge in [0.2, 0.25) is 5.91 Å². The van der Waals surface area contributed by atoms with Gasteiger partial charge in [0, 0.05) is 56.6 Å². The number of hydrogen-bond donors (Lipinski definition) is 2. The molecule has 0 unspecified atom stereocenters. The lowest BCUT2D eigenvalue weighted by molar-refractivity contribution is -0.127. The first-order valence-electron chi connectivity index (χ1n) is 8.40. The largest absolute Gasteiger partial charge is 0.357 e. The van der Waals surface area contributed by atoms with E-state index in [0.717, 1.165) is 63.0 Å². The fourth-order valence-corrected chi connectivity index (χ4v) is 3.33. The average molecular weight is 337 g/mol. The summed E-state index contributed by atoms with van der Waals surface area (Å²) in [5.41, 5.74) is 0. The second kappa shape index (κ2) is 9.50. The van der Waals surface area contributed by atoms with Gasteiger partial charge in [0.1, 0.15) is 0 Å². The summed E-state index contributed by atoms with van der Waals surface area (Å²) in [4.78, 5) is 23.7. The zero-order chi connectivity index (χ0) is 16.5. The maximum absolute atomic E-state index is 11.5. The van der Waals surface area contributed by atoms with E-state index in [2.05, 4.69) is 34.5 Å². The molecule has 6 nitrogen and oxygen atoms in total. The molecule has 0 saturated carbocycles. The van der Waals surface area contributed by atoms with Crippen molar-refractivity contribution in [3.63, 3.8) is 0 Å². The Bertz CT molecular complexity index is 528. The van der Waals surface area contributed by atoms with Crippen LogP contribution in [-0.4, -0.2) is 54.5 Å². The number of guanidine groups is 1. The number of aryl methyl sites for hydroxylation is 1. The molecule has 128 valence electrons. The van der Waals surface area contributed by atoms with Gasteiger partial charge in [0.15, 0.2) is 5.96 Å². The number of carbonyl (C=O) groups is 1. The Hall–Kier alpha value is -1.63. The van der Waals surface area contributed by atoms with E-state index in [9.17, 15) is 4.79 Å². The van der Waals surface area contributed by atoms with Crippen molar-refractivity contribution >= 4 is 23.2 Å². The number of likely N-dealkylation sites (tertiary alicyclic amines) is 1. The normalized spacial score (nSPS) is 15.3. The van der Waals surface area contributed by atoms with Gasteiger partial charge in [0.25, 0.3) is 0 Å². The molecule has 0 aromatic carbocycles. The number of nitrogens with one attached hydrogen (secondary N) is 2. The highest BCUT2D eigenvalue weighted by molar-refractivity contribution is 7.11. The van der Waals surface area contributed by atoms with Crippen molar-refractivity contribution < 1.29 is 4.79 Å². The molecule has 0 aliphatic carbocycles. The molecule has 7 heteroatoms. The highest BCUT2D eigenvalue weighted by Gasteiger charge is 2.18. The van der Waals surface area contributed by atoms with E-state index < -0.39 is 0 Å². The van der Waals surface area contributed by atoms with Gasteiger partial charge >= 0.3 is 0 Å².